The van der Waals surface area contributed by atoms with E-state index in [1.54, 1.807) is 0 Å². The van der Waals surface area contributed by atoms with Crippen molar-refractivity contribution in [2.75, 3.05) is 31.1 Å². The molecular formula is C19H25FN4OS. The van der Waals surface area contributed by atoms with Crippen LogP contribution in [0.15, 0.2) is 29.6 Å². The van der Waals surface area contributed by atoms with Crippen molar-refractivity contribution in [1.82, 2.24) is 15.2 Å². The number of thiazole rings is 1. The van der Waals surface area contributed by atoms with Gasteiger partial charge >= 0.3 is 0 Å². The molecule has 1 amide bonds. The Hall–Kier alpha value is -1.99. The van der Waals surface area contributed by atoms with Gasteiger partial charge in [-0.3, -0.25) is 9.69 Å². The third kappa shape index (κ3) is 4.80. The standard InChI is InChI=1S/C19H25FN4OS/c1-3-14(2)21-19(25)17-13-26-18(22-17)12-23-8-10-24(11-9-23)16-6-4-15(20)5-7-16/h4-7,13-14H,3,8-12H2,1-2H3,(H,21,25). The van der Waals surface area contributed by atoms with E-state index >= 15 is 0 Å². The van der Waals surface area contributed by atoms with E-state index in [1.807, 2.05) is 31.4 Å². The highest BCUT2D eigenvalue weighted by Crippen LogP contribution is 2.19. The highest BCUT2D eigenvalue weighted by Gasteiger charge is 2.19. The van der Waals surface area contributed by atoms with Crippen molar-refractivity contribution < 1.29 is 9.18 Å². The van der Waals surface area contributed by atoms with Gasteiger partial charge in [0.2, 0.25) is 0 Å². The van der Waals surface area contributed by atoms with Crippen LogP contribution >= 0.6 is 11.3 Å². The van der Waals surface area contributed by atoms with Crippen LogP contribution < -0.4 is 10.2 Å². The molecule has 0 aliphatic carbocycles. The smallest absolute Gasteiger partial charge is 0.270 e. The molecule has 1 unspecified atom stereocenters. The van der Waals surface area contributed by atoms with Crippen LogP contribution in [0.2, 0.25) is 0 Å². The Bertz CT molecular complexity index is 725. The summed E-state index contributed by atoms with van der Waals surface area (Å²) in [6.07, 6.45) is 0.904. The maximum absolute atomic E-state index is 13.0. The lowest BCUT2D eigenvalue weighted by atomic mass is 10.2. The molecule has 1 fully saturated rings. The molecule has 0 saturated carbocycles. The van der Waals surface area contributed by atoms with E-state index in [0.29, 0.717) is 5.69 Å². The summed E-state index contributed by atoms with van der Waals surface area (Å²) in [5.41, 5.74) is 1.57. The average molecular weight is 377 g/mol. The predicted octanol–water partition coefficient (Wildman–Crippen LogP) is 3.13. The molecule has 3 rings (SSSR count). The monoisotopic (exact) mass is 376 g/mol. The number of piperazine rings is 1. The lowest BCUT2D eigenvalue weighted by Gasteiger charge is -2.35. The average Bonchev–Trinajstić information content (AvgIpc) is 3.11. The molecule has 2 aromatic rings. The van der Waals surface area contributed by atoms with Crippen LogP contribution in [0.25, 0.3) is 0 Å². The van der Waals surface area contributed by atoms with Crippen molar-refractivity contribution in [3.63, 3.8) is 0 Å². The van der Waals surface area contributed by atoms with Gasteiger partial charge in [-0.15, -0.1) is 11.3 Å². The molecule has 1 aliphatic rings. The molecule has 1 saturated heterocycles. The largest absolute Gasteiger partial charge is 0.369 e. The second-order valence-corrected chi connectivity index (χ2v) is 7.59. The van der Waals surface area contributed by atoms with Crippen LogP contribution in [0.5, 0.6) is 0 Å². The van der Waals surface area contributed by atoms with Crippen LogP contribution in [0, 0.1) is 5.82 Å². The molecule has 1 aromatic heterocycles. The Kier molecular flexibility index (Phi) is 6.21. The summed E-state index contributed by atoms with van der Waals surface area (Å²) in [6.45, 7) is 8.45. The van der Waals surface area contributed by atoms with Gasteiger partial charge < -0.3 is 10.2 Å². The summed E-state index contributed by atoms with van der Waals surface area (Å²) in [7, 11) is 0. The van der Waals surface area contributed by atoms with E-state index in [4.69, 9.17) is 0 Å². The molecule has 2 heterocycles. The molecule has 1 N–H and O–H groups in total. The van der Waals surface area contributed by atoms with Gasteiger partial charge in [-0.05, 0) is 37.6 Å². The second kappa shape index (κ2) is 8.60. The molecule has 5 nitrogen and oxygen atoms in total. The van der Waals surface area contributed by atoms with Crippen molar-refractivity contribution in [2.45, 2.75) is 32.9 Å². The first-order valence-electron chi connectivity index (χ1n) is 9.03. The van der Waals surface area contributed by atoms with E-state index in [2.05, 4.69) is 20.1 Å². The fraction of sp³-hybridized carbons (Fsp3) is 0.474. The van der Waals surface area contributed by atoms with Gasteiger partial charge in [0.05, 0.1) is 6.54 Å². The molecule has 1 aliphatic heterocycles. The summed E-state index contributed by atoms with van der Waals surface area (Å²) < 4.78 is 13.0. The molecule has 0 bridgehead atoms. The lowest BCUT2D eigenvalue weighted by Crippen LogP contribution is -2.45. The molecular weight excluding hydrogens is 351 g/mol. The maximum atomic E-state index is 13.0. The summed E-state index contributed by atoms with van der Waals surface area (Å²) >= 11 is 1.54. The maximum Gasteiger partial charge on any atom is 0.270 e. The van der Waals surface area contributed by atoms with Gasteiger partial charge in [0.1, 0.15) is 16.5 Å². The van der Waals surface area contributed by atoms with E-state index in [-0.39, 0.29) is 17.8 Å². The number of anilines is 1. The minimum absolute atomic E-state index is 0.0945. The fourth-order valence-electron chi connectivity index (χ4n) is 2.89. The summed E-state index contributed by atoms with van der Waals surface area (Å²) in [5.74, 6) is -0.299. The third-order valence-corrected chi connectivity index (χ3v) is 5.53. The van der Waals surface area contributed by atoms with Gasteiger partial charge in [-0.1, -0.05) is 6.92 Å². The Morgan fingerprint density at radius 3 is 2.62 bits per heavy atom. The van der Waals surface area contributed by atoms with Crippen LogP contribution in [0.4, 0.5) is 10.1 Å². The van der Waals surface area contributed by atoms with Gasteiger partial charge in [-0.25, -0.2) is 9.37 Å². The van der Waals surface area contributed by atoms with Gasteiger partial charge in [-0.2, -0.15) is 0 Å². The van der Waals surface area contributed by atoms with Crippen LogP contribution in [-0.2, 0) is 6.54 Å². The zero-order chi connectivity index (χ0) is 18.5. The Balaban J connectivity index is 1.50. The number of carbonyl (C=O) groups excluding carboxylic acids is 1. The van der Waals surface area contributed by atoms with Crippen molar-refractivity contribution in [1.29, 1.82) is 0 Å². The normalized spacial score (nSPS) is 16.5. The van der Waals surface area contributed by atoms with E-state index in [1.165, 1.54) is 23.5 Å². The topological polar surface area (TPSA) is 48.5 Å². The van der Waals surface area contributed by atoms with Crippen LogP contribution in [0.3, 0.4) is 0 Å². The summed E-state index contributed by atoms with van der Waals surface area (Å²) in [6, 6.07) is 6.82. The summed E-state index contributed by atoms with van der Waals surface area (Å²) in [4.78, 5) is 21.2. The third-order valence-electron chi connectivity index (χ3n) is 4.70. The molecule has 7 heteroatoms. The van der Waals surface area contributed by atoms with Gasteiger partial charge in [0, 0.05) is 43.3 Å². The number of benzene rings is 1. The first-order chi connectivity index (χ1) is 12.5. The fourth-order valence-corrected chi connectivity index (χ4v) is 3.71. The molecule has 1 aromatic carbocycles. The second-order valence-electron chi connectivity index (χ2n) is 6.65. The lowest BCUT2D eigenvalue weighted by molar-refractivity contribution is 0.0934. The molecule has 0 spiro atoms. The molecule has 140 valence electrons. The predicted molar refractivity (Wildman–Crippen MR) is 103 cm³/mol. The Morgan fingerprint density at radius 1 is 1.27 bits per heavy atom. The number of hydrogen-bond donors (Lipinski definition) is 1. The number of carbonyl (C=O) groups is 1. The van der Waals surface area contributed by atoms with Crippen molar-refractivity contribution in [3.8, 4) is 0 Å². The number of aromatic nitrogens is 1. The number of amides is 1. The van der Waals surface area contributed by atoms with Crippen LogP contribution in [0.1, 0.15) is 35.8 Å². The van der Waals surface area contributed by atoms with Crippen molar-refractivity contribution in [2.24, 2.45) is 0 Å². The molecule has 1 atom stereocenters. The highest BCUT2D eigenvalue weighted by molar-refractivity contribution is 7.09. The molecule has 0 radical (unpaired) electrons. The van der Waals surface area contributed by atoms with Crippen LogP contribution in [-0.4, -0.2) is 48.0 Å². The minimum Gasteiger partial charge on any atom is -0.369 e. The number of nitrogens with zero attached hydrogens (tertiary/aromatic N) is 3. The Labute approximate surface area is 157 Å². The zero-order valence-electron chi connectivity index (χ0n) is 15.2. The quantitative estimate of drug-likeness (QED) is 0.842. The number of hydrogen-bond acceptors (Lipinski definition) is 5. The summed E-state index contributed by atoms with van der Waals surface area (Å²) in [5, 5.41) is 5.75. The van der Waals surface area contributed by atoms with E-state index < -0.39 is 0 Å². The first kappa shape index (κ1) is 18.8. The Morgan fingerprint density at radius 2 is 1.96 bits per heavy atom. The number of halogens is 1. The first-order valence-corrected chi connectivity index (χ1v) is 9.91. The zero-order valence-corrected chi connectivity index (χ0v) is 16.1. The van der Waals surface area contributed by atoms with E-state index in [0.717, 1.165) is 49.8 Å². The highest BCUT2D eigenvalue weighted by atomic mass is 32.1. The van der Waals surface area contributed by atoms with Crippen molar-refractivity contribution in [3.05, 3.63) is 46.2 Å². The van der Waals surface area contributed by atoms with E-state index in [9.17, 15) is 9.18 Å². The molecule has 26 heavy (non-hydrogen) atoms. The number of rotatable bonds is 6. The number of nitrogens with one attached hydrogen (secondary N) is 1. The van der Waals surface area contributed by atoms with Crippen molar-refractivity contribution >= 4 is 22.9 Å². The van der Waals surface area contributed by atoms with Gasteiger partial charge in [0.15, 0.2) is 0 Å². The minimum atomic E-state index is -0.204. The SMILES string of the molecule is CCC(C)NC(=O)c1csc(CN2CCN(c3ccc(F)cc3)CC2)n1. The van der Waals surface area contributed by atoms with Gasteiger partial charge in [0.25, 0.3) is 5.91 Å².